The summed E-state index contributed by atoms with van der Waals surface area (Å²) in [6, 6.07) is 15.3. The Hall–Kier alpha value is -3.06. The van der Waals surface area contributed by atoms with E-state index in [0.29, 0.717) is 36.8 Å². The first-order valence-electron chi connectivity index (χ1n) is 9.75. The highest BCUT2D eigenvalue weighted by Crippen LogP contribution is 2.20. The van der Waals surface area contributed by atoms with E-state index in [1.165, 1.54) is 6.92 Å². The van der Waals surface area contributed by atoms with Gasteiger partial charge in [-0.2, -0.15) is 0 Å². The van der Waals surface area contributed by atoms with E-state index >= 15 is 0 Å². The Labute approximate surface area is 180 Å². The number of amides is 2. The van der Waals surface area contributed by atoms with Gasteiger partial charge in [0.1, 0.15) is 6.04 Å². The second kappa shape index (κ2) is 10.1. The number of esters is 1. The third-order valence-electron chi connectivity index (χ3n) is 4.88. The minimum absolute atomic E-state index is 0.254. The predicted octanol–water partition coefficient (Wildman–Crippen LogP) is 2.35. The van der Waals surface area contributed by atoms with Crippen LogP contribution in [0, 0.1) is 0 Å². The molecule has 2 aromatic carbocycles. The highest BCUT2D eigenvalue weighted by molar-refractivity contribution is 6.30. The van der Waals surface area contributed by atoms with Crippen molar-refractivity contribution in [1.29, 1.82) is 0 Å². The topological polar surface area (TPSA) is 78.9 Å². The fourth-order valence-corrected chi connectivity index (χ4v) is 3.35. The summed E-state index contributed by atoms with van der Waals surface area (Å²) in [6.07, 6.45) is 0. The second-order valence-corrected chi connectivity index (χ2v) is 7.45. The molecule has 30 heavy (non-hydrogen) atoms. The van der Waals surface area contributed by atoms with Crippen molar-refractivity contribution < 1.29 is 19.1 Å². The first-order chi connectivity index (χ1) is 14.4. The molecule has 0 aliphatic carbocycles. The highest BCUT2D eigenvalue weighted by atomic mass is 35.5. The number of hydrogen-bond donors (Lipinski definition) is 1. The second-order valence-electron chi connectivity index (χ2n) is 7.02. The lowest BCUT2D eigenvalue weighted by molar-refractivity contribution is -0.153. The van der Waals surface area contributed by atoms with E-state index in [1.807, 2.05) is 24.3 Å². The number of carbonyl (C=O) groups excluding carboxylic acids is 3. The summed E-state index contributed by atoms with van der Waals surface area (Å²) in [5, 5.41) is 3.24. The predicted molar refractivity (Wildman–Crippen MR) is 115 cm³/mol. The molecule has 3 rings (SSSR count). The van der Waals surface area contributed by atoms with Gasteiger partial charge in [-0.05, 0) is 37.3 Å². The zero-order valence-electron chi connectivity index (χ0n) is 16.7. The Morgan fingerprint density at radius 1 is 1.03 bits per heavy atom. The van der Waals surface area contributed by atoms with Gasteiger partial charge in [0.05, 0.1) is 0 Å². The molecule has 0 unspecified atom stereocenters. The number of anilines is 1. The number of halogens is 1. The van der Waals surface area contributed by atoms with Crippen LogP contribution in [-0.2, 0) is 14.3 Å². The minimum atomic E-state index is -0.856. The molecule has 2 aromatic rings. The van der Waals surface area contributed by atoms with Gasteiger partial charge >= 0.3 is 5.97 Å². The number of nitrogens with one attached hydrogen (secondary N) is 1. The number of piperazine rings is 1. The zero-order valence-corrected chi connectivity index (χ0v) is 17.5. The SMILES string of the molecule is C[C@H](NC(=O)c1ccccc1)C(=O)OCC(=O)N1CCN(c2cccc(Cl)c2)CC1. The minimum Gasteiger partial charge on any atom is -0.454 e. The smallest absolute Gasteiger partial charge is 0.328 e. The number of nitrogens with zero attached hydrogens (tertiary/aromatic N) is 2. The summed E-state index contributed by atoms with van der Waals surface area (Å²) in [6.45, 7) is 3.58. The van der Waals surface area contributed by atoms with Crippen molar-refractivity contribution in [2.45, 2.75) is 13.0 Å². The van der Waals surface area contributed by atoms with Crippen LogP contribution in [0.2, 0.25) is 5.02 Å². The van der Waals surface area contributed by atoms with Crippen LogP contribution in [0.1, 0.15) is 17.3 Å². The normalized spacial score (nSPS) is 14.7. The molecule has 0 saturated carbocycles. The van der Waals surface area contributed by atoms with E-state index in [-0.39, 0.29) is 18.4 Å². The van der Waals surface area contributed by atoms with E-state index in [2.05, 4.69) is 10.2 Å². The van der Waals surface area contributed by atoms with Gasteiger partial charge in [-0.3, -0.25) is 9.59 Å². The van der Waals surface area contributed by atoms with Gasteiger partial charge in [-0.1, -0.05) is 35.9 Å². The monoisotopic (exact) mass is 429 g/mol. The average molecular weight is 430 g/mol. The van der Waals surface area contributed by atoms with Gasteiger partial charge in [0.15, 0.2) is 6.61 Å². The summed E-state index contributed by atoms with van der Waals surface area (Å²) in [5.41, 5.74) is 1.47. The zero-order chi connectivity index (χ0) is 21.5. The summed E-state index contributed by atoms with van der Waals surface area (Å²) < 4.78 is 5.11. The molecule has 8 heteroatoms. The first-order valence-corrected chi connectivity index (χ1v) is 10.1. The standard InChI is InChI=1S/C22H24ClN3O4/c1-16(24-21(28)17-6-3-2-4-7-17)22(29)30-15-20(27)26-12-10-25(11-13-26)19-9-5-8-18(23)14-19/h2-9,14,16H,10-13,15H2,1H3,(H,24,28)/t16-/m0/s1. The van der Waals surface area contributed by atoms with Crippen LogP contribution in [0.5, 0.6) is 0 Å². The third kappa shape index (κ3) is 5.73. The molecular formula is C22H24ClN3O4. The Balaban J connectivity index is 1.42. The number of benzene rings is 2. The molecule has 0 bridgehead atoms. The fourth-order valence-electron chi connectivity index (χ4n) is 3.16. The highest BCUT2D eigenvalue weighted by Gasteiger charge is 2.24. The quantitative estimate of drug-likeness (QED) is 0.713. The first kappa shape index (κ1) is 21.6. The van der Waals surface area contributed by atoms with Crippen LogP contribution in [0.25, 0.3) is 0 Å². The maximum Gasteiger partial charge on any atom is 0.328 e. The molecule has 1 heterocycles. The lowest BCUT2D eigenvalue weighted by Gasteiger charge is -2.36. The largest absolute Gasteiger partial charge is 0.454 e. The summed E-state index contributed by atoms with van der Waals surface area (Å²) >= 11 is 6.04. The van der Waals surface area contributed by atoms with Crippen molar-refractivity contribution >= 4 is 35.1 Å². The van der Waals surface area contributed by atoms with Gasteiger partial charge in [0.2, 0.25) is 0 Å². The Morgan fingerprint density at radius 2 is 1.73 bits per heavy atom. The van der Waals surface area contributed by atoms with Crippen molar-refractivity contribution in [2.75, 3.05) is 37.7 Å². The van der Waals surface area contributed by atoms with Crippen molar-refractivity contribution in [3.05, 3.63) is 65.2 Å². The molecule has 1 aliphatic heterocycles. The summed E-state index contributed by atoms with van der Waals surface area (Å²) in [7, 11) is 0. The van der Waals surface area contributed by atoms with Gasteiger partial charge in [0.25, 0.3) is 11.8 Å². The Bertz CT molecular complexity index is 898. The molecule has 1 fully saturated rings. The molecule has 1 N–H and O–H groups in total. The molecular weight excluding hydrogens is 406 g/mol. The molecule has 0 radical (unpaired) electrons. The fraction of sp³-hybridized carbons (Fsp3) is 0.318. The van der Waals surface area contributed by atoms with Crippen molar-refractivity contribution in [3.8, 4) is 0 Å². The van der Waals surface area contributed by atoms with E-state index in [1.54, 1.807) is 35.2 Å². The van der Waals surface area contributed by atoms with Gasteiger partial charge in [-0.25, -0.2) is 4.79 Å². The lowest BCUT2D eigenvalue weighted by atomic mass is 10.2. The average Bonchev–Trinajstić information content (AvgIpc) is 2.77. The summed E-state index contributed by atoms with van der Waals surface area (Å²) in [4.78, 5) is 40.5. The Morgan fingerprint density at radius 3 is 2.40 bits per heavy atom. The van der Waals surface area contributed by atoms with Crippen LogP contribution in [-0.4, -0.2) is 61.5 Å². The van der Waals surface area contributed by atoms with Crippen LogP contribution >= 0.6 is 11.6 Å². The lowest BCUT2D eigenvalue weighted by Crippen LogP contribution is -2.50. The molecule has 1 atom stereocenters. The number of ether oxygens (including phenoxy) is 1. The van der Waals surface area contributed by atoms with Crippen LogP contribution < -0.4 is 10.2 Å². The molecule has 1 aliphatic rings. The number of hydrogen-bond acceptors (Lipinski definition) is 5. The van der Waals surface area contributed by atoms with Gasteiger partial charge < -0.3 is 19.9 Å². The molecule has 0 spiro atoms. The molecule has 0 aromatic heterocycles. The van der Waals surface area contributed by atoms with Gasteiger partial charge in [-0.15, -0.1) is 0 Å². The molecule has 7 nitrogen and oxygen atoms in total. The van der Waals surface area contributed by atoms with Crippen molar-refractivity contribution in [1.82, 2.24) is 10.2 Å². The third-order valence-corrected chi connectivity index (χ3v) is 5.12. The van der Waals surface area contributed by atoms with Crippen LogP contribution in [0.4, 0.5) is 5.69 Å². The van der Waals surface area contributed by atoms with Crippen LogP contribution in [0.3, 0.4) is 0 Å². The molecule has 1 saturated heterocycles. The maximum absolute atomic E-state index is 12.4. The van der Waals surface area contributed by atoms with E-state index < -0.39 is 12.0 Å². The molecule has 158 valence electrons. The maximum atomic E-state index is 12.4. The Kier molecular flexibility index (Phi) is 7.30. The van der Waals surface area contributed by atoms with Crippen LogP contribution in [0.15, 0.2) is 54.6 Å². The van der Waals surface area contributed by atoms with E-state index in [0.717, 1.165) is 5.69 Å². The van der Waals surface area contributed by atoms with Crippen molar-refractivity contribution in [3.63, 3.8) is 0 Å². The van der Waals surface area contributed by atoms with Crippen molar-refractivity contribution in [2.24, 2.45) is 0 Å². The van der Waals surface area contributed by atoms with E-state index in [9.17, 15) is 14.4 Å². The van der Waals surface area contributed by atoms with Gasteiger partial charge in [0, 0.05) is 42.5 Å². The number of carbonyl (C=O) groups is 3. The van der Waals surface area contributed by atoms with E-state index in [4.69, 9.17) is 16.3 Å². The summed E-state index contributed by atoms with van der Waals surface area (Å²) in [5.74, 6) is -1.27. The number of rotatable bonds is 6. The molecule has 2 amide bonds.